The van der Waals surface area contributed by atoms with E-state index >= 15 is 0 Å². The zero-order chi connectivity index (χ0) is 14.0. The van der Waals surface area contributed by atoms with Crippen LogP contribution in [-0.2, 0) is 4.79 Å². The molecule has 2 heterocycles. The fraction of sp³-hybridized carbons (Fsp3) is 0.538. The van der Waals surface area contributed by atoms with Gasteiger partial charge in [-0.05, 0) is 19.1 Å². The molecule has 0 aliphatic rings. The number of hydrogen-bond donors (Lipinski definition) is 0. The Labute approximate surface area is 116 Å². The number of ketones is 1. The average Bonchev–Trinajstić information content (AvgIpc) is 2.78. The van der Waals surface area contributed by atoms with Crippen LogP contribution in [0, 0.1) is 5.92 Å². The summed E-state index contributed by atoms with van der Waals surface area (Å²) in [5, 5.41) is 0.870. The summed E-state index contributed by atoms with van der Waals surface area (Å²) < 4.78 is 2.00. The van der Waals surface area contributed by atoms with Crippen LogP contribution in [0.25, 0.3) is 11.2 Å². The minimum absolute atomic E-state index is 0.0899. The number of fused-ring (bicyclic) bond motifs is 1. The minimum Gasteiger partial charge on any atom is -0.311 e. The van der Waals surface area contributed by atoms with E-state index in [-0.39, 0.29) is 11.8 Å². The van der Waals surface area contributed by atoms with E-state index in [1.165, 1.54) is 0 Å². The van der Waals surface area contributed by atoms with Crippen LogP contribution in [-0.4, -0.2) is 31.6 Å². The third kappa shape index (κ3) is 2.78. The first kappa shape index (κ1) is 14.0. The molecule has 0 N–H and O–H groups in total. The smallest absolute Gasteiger partial charge is 0.164 e. The van der Waals surface area contributed by atoms with Gasteiger partial charge in [-0.2, -0.15) is 0 Å². The molecule has 0 aromatic carbocycles. The maximum Gasteiger partial charge on any atom is 0.164 e. The van der Waals surface area contributed by atoms with E-state index in [0.29, 0.717) is 12.3 Å². The second kappa shape index (κ2) is 5.69. The first-order valence-electron chi connectivity index (χ1n) is 6.25. The van der Waals surface area contributed by atoms with Gasteiger partial charge in [-0.15, -0.1) is 11.8 Å². The molecule has 0 fully saturated rings. The minimum atomic E-state index is 0.0899. The Kier molecular flexibility index (Phi) is 4.19. The van der Waals surface area contributed by atoms with Gasteiger partial charge in [0.05, 0.1) is 6.33 Å². The fourth-order valence-corrected chi connectivity index (χ4v) is 2.66. The predicted molar refractivity (Wildman–Crippen MR) is 76.3 cm³/mol. The van der Waals surface area contributed by atoms with Crippen molar-refractivity contribution >= 4 is 28.7 Å². The van der Waals surface area contributed by atoms with Gasteiger partial charge in [-0.3, -0.25) is 4.79 Å². The van der Waals surface area contributed by atoms with E-state index in [1.54, 1.807) is 31.3 Å². The number of rotatable bonds is 5. The maximum absolute atomic E-state index is 11.4. The van der Waals surface area contributed by atoms with Crippen molar-refractivity contribution in [3.63, 3.8) is 0 Å². The van der Waals surface area contributed by atoms with Crippen LogP contribution in [0.3, 0.4) is 0 Å². The van der Waals surface area contributed by atoms with Crippen molar-refractivity contribution in [1.29, 1.82) is 0 Å². The predicted octanol–water partition coefficient (Wildman–Crippen LogP) is 2.72. The monoisotopic (exact) mass is 278 g/mol. The molecule has 0 aliphatic carbocycles. The van der Waals surface area contributed by atoms with Crippen molar-refractivity contribution in [2.45, 2.75) is 38.3 Å². The molecule has 2 aromatic heterocycles. The molecule has 5 nitrogen and oxygen atoms in total. The van der Waals surface area contributed by atoms with Gasteiger partial charge in [0.1, 0.15) is 22.7 Å². The standard InChI is InChI=1S/C13H18N4OS/c1-8(2)10(5-9(3)18)17-7-16-11-12(17)14-6-15-13(11)19-4/h6-8,10H,5H2,1-4H3. The molecule has 6 heteroatoms. The summed E-state index contributed by atoms with van der Waals surface area (Å²) in [7, 11) is 0. The van der Waals surface area contributed by atoms with E-state index in [9.17, 15) is 4.79 Å². The van der Waals surface area contributed by atoms with Crippen LogP contribution in [0.4, 0.5) is 0 Å². The van der Waals surface area contributed by atoms with Gasteiger partial charge in [0.15, 0.2) is 5.65 Å². The molecule has 0 saturated carbocycles. The van der Waals surface area contributed by atoms with Crippen LogP contribution in [0.1, 0.15) is 33.2 Å². The van der Waals surface area contributed by atoms with Crippen LogP contribution in [0.2, 0.25) is 0 Å². The van der Waals surface area contributed by atoms with E-state index in [0.717, 1.165) is 16.2 Å². The van der Waals surface area contributed by atoms with Gasteiger partial charge in [0.25, 0.3) is 0 Å². The first-order valence-corrected chi connectivity index (χ1v) is 7.48. The lowest BCUT2D eigenvalue weighted by Crippen LogP contribution is -2.17. The number of imidazole rings is 1. The summed E-state index contributed by atoms with van der Waals surface area (Å²) in [6.07, 6.45) is 5.79. The number of thioether (sulfide) groups is 1. The van der Waals surface area contributed by atoms with E-state index in [2.05, 4.69) is 28.8 Å². The van der Waals surface area contributed by atoms with Gasteiger partial charge in [0, 0.05) is 12.5 Å². The second-order valence-corrected chi connectivity index (χ2v) is 5.72. The van der Waals surface area contributed by atoms with Gasteiger partial charge in [-0.25, -0.2) is 15.0 Å². The molecule has 0 aliphatic heterocycles. The highest BCUT2D eigenvalue weighted by Gasteiger charge is 2.21. The summed E-state index contributed by atoms with van der Waals surface area (Å²) >= 11 is 1.55. The zero-order valence-electron chi connectivity index (χ0n) is 11.6. The van der Waals surface area contributed by atoms with Crippen LogP contribution >= 0.6 is 11.8 Å². The van der Waals surface area contributed by atoms with Gasteiger partial charge in [-0.1, -0.05) is 13.8 Å². The summed E-state index contributed by atoms with van der Waals surface area (Å²) in [5.74, 6) is 0.522. The van der Waals surface area contributed by atoms with Crippen molar-refractivity contribution in [3.8, 4) is 0 Å². The molecule has 2 aromatic rings. The number of hydrogen-bond acceptors (Lipinski definition) is 5. The molecule has 0 radical (unpaired) electrons. The lowest BCUT2D eigenvalue weighted by Gasteiger charge is -2.21. The van der Waals surface area contributed by atoms with E-state index in [4.69, 9.17) is 0 Å². The summed E-state index contributed by atoms with van der Waals surface area (Å²) in [5.41, 5.74) is 1.61. The number of carbonyl (C=O) groups is 1. The lowest BCUT2D eigenvalue weighted by atomic mass is 9.99. The van der Waals surface area contributed by atoms with Gasteiger partial charge < -0.3 is 4.57 Å². The number of aromatic nitrogens is 4. The SMILES string of the molecule is CSc1ncnc2c1ncn2C(CC(C)=O)C(C)C. The number of nitrogens with zero attached hydrogens (tertiary/aromatic N) is 4. The normalized spacial score (nSPS) is 13.1. The van der Waals surface area contributed by atoms with Gasteiger partial charge in [0.2, 0.25) is 0 Å². The quantitative estimate of drug-likeness (QED) is 0.621. The molecule has 0 saturated heterocycles. The van der Waals surface area contributed by atoms with Crippen molar-refractivity contribution < 1.29 is 4.79 Å². The van der Waals surface area contributed by atoms with Crippen molar-refractivity contribution in [1.82, 2.24) is 19.5 Å². The molecule has 102 valence electrons. The third-order valence-electron chi connectivity index (χ3n) is 3.14. The average molecular weight is 278 g/mol. The molecule has 0 bridgehead atoms. The summed E-state index contributed by atoms with van der Waals surface area (Å²) in [6.45, 7) is 5.84. The molecular weight excluding hydrogens is 260 g/mol. The van der Waals surface area contributed by atoms with Crippen LogP contribution in [0.5, 0.6) is 0 Å². The Hall–Kier alpha value is -1.43. The summed E-state index contributed by atoms with van der Waals surface area (Å²) in [6, 6.07) is 0.0899. The molecule has 2 rings (SSSR count). The largest absolute Gasteiger partial charge is 0.311 e. The summed E-state index contributed by atoms with van der Waals surface area (Å²) in [4.78, 5) is 24.4. The van der Waals surface area contributed by atoms with Crippen molar-refractivity contribution in [3.05, 3.63) is 12.7 Å². The number of Topliss-reactive ketones (excluding diaryl/α,β-unsaturated/α-hetero) is 1. The van der Waals surface area contributed by atoms with Gasteiger partial charge >= 0.3 is 0 Å². The van der Waals surface area contributed by atoms with Crippen LogP contribution < -0.4 is 0 Å². The van der Waals surface area contributed by atoms with Crippen LogP contribution in [0.15, 0.2) is 17.7 Å². The highest BCUT2D eigenvalue weighted by Crippen LogP contribution is 2.28. The molecule has 19 heavy (non-hydrogen) atoms. The highest BCUT2D eigenvalue weighted by molar-refractivity contribution is 7.98. The Morgan fingerprint density at radius 1 is 1.37 bits per heavy atom. The first-order chi connectivity index (χ1) is 9.04. The molecule has 0 amide bonds. The molecule has 1 unspecified atom stereocenters. The Bertz CT molecular complexity index is 593. The second-order valence-electron chi connectivity index (χ2n) is 4.92. The Morgan fingerprint density at radius 2 is 2.11 bits per heavy atom. The molecule has 1 atom stereocenters. The van der Waals surface area contributed by atoms with Crippen molar-refractivity contribution in [2.75, 3.05) is 6.26 Å². The maximum atomic E-state index is 11.4. The number of carbonyl (C=O) groups excluding carboxylic acids is 1. The lowest BCUT2D eigenvalue weighted by molar-refractivity contribution is -0.118. The fourth-order valence-electron chi connectivity index (χ4n) is 2.17. The molecular formula is C13H18N4OS. The van der Waals surface area contributed by atoms with E-state index in [1.807, 2.05) is 10.8 Å². The Morgan fingerprint density at radius 3 is 2.68 bits per heavy atom. The highest BCUT2D eigenvalue weighted by atomic mass is 32.2. The molecule has 0 spiro atoms. The van der Waals surface area contributed by atoms with E-state index < -0.39 is 0 Å². The zero-order valence-corrected chi connectivity index (χ0v) is 12.4. The van der Waals surface area contributed by atoms with Crippen molar-refractivity contribution in [2.24, 2.45) is 5.92 Å². The third-order valence-corrected chi connectivity index (χ3v) is 3.83. The topological polar surface area (TPSA) is 60.7 Å². The Balaban J connectivity index is 2.51.